The maximum atomic E-state index is 4.70. The van der Waals surface area contributed by atoms with Crippen LogP contribution in [0.2, 0.25) is 0 Å². The standard InChI is InChI=1S/C34H22N4/c1-3-15-29-27(13-1)33-31(17-7-19-35-33)37(29)25-11-5-9-23(21-25)24-10-6-12-26(22-24)38-30-16-4-2-14-28(30)34-32(38)18-8-20-36-34/h1-22H. The van der Waals surface area contributed by atoms with Gasteiger partial charge in [0.1, 0.15) is 0 Å². The van der Waals surface area contributed by atoms with Gasteiger partial charge in [-0.3, -0.25) is 9.97 Å². The predicted molar refractivity (Wildman–Crippen MR) is 156 cm³/mol. The van der Waals surface area contributed by atoms with Crippen LogP contribution in [-0.2, 0) is 0 Å². The molecule has 0 saturated carbocycles. The number of benzene rings is 4. The lowest BCUT2D eigenvalue weighted by molar-refractivity contribution is 1.17. The van der Waals surface area contributed by atoms with E-state index in [-0.39, 0.29) is 0 Å². The summed E-state index contributed by atoms with van der Waals surface area (Å²) in [6.07, 6.45) is 3.73. The van der Waals surface area contributed by atoms with Crippen LogP contribution in [0.25, 0.3) is 66.4 Å². The lowest BCUT2D eigenvalue weighted by Gasteiger charge is -2.12. The molecular weight excluding hydrogens is 464 g/mol. The quantitative estimate of drug-likeness (QED) is 0.252. The first kappa shape index (κ1) is 20.9. The highest BCUT2D eigenvalue weighted by molar-refractivity contribution is 6.08. The van der Waals surface area contributed by atoms with Gasteiger partial charge in [0.15, 0.2) is 0 Å². The minimum absolute atomic E-state index is 1.02. The van der Waals surface area contributed by atoms with Crippen molar-refractivity contribution >= 4 is 43.9 Å². The Hall–Kier alpha value is -5.22. The van der Waals surface area contributed by atoms with Crippen LogP contribution >= 0.6 is 0 Å². The molecular formula is C34H22N4. The van der Waals surface area contributed by atoms with Crippen molar-refractivity contribution in [3.05, 3.63) is 134 Å². The molecule has 0 saturated heterocycles. The topological polar surface area (TPSA) is 35.6 Å². The SMILES string of the molecule is c1cc(-c2cccc(-n3c4ccccc4c4ncccc43)c2)cc(-n2c3ccccc3c3ncccc32)c1. The number of aromatic nitrogens is 4. The van der Waals surface area contributed by atoms with Crippen molar-refractivity contribution in [2.24, 2.45) is 0 Å². The zero-order valence-electron chi connectivity index (χ0n) is 20.5. The number of rotatable bonds is 3. The van der Waals surface area contributed by atoms with E-state index < -0.39 is 0 Å². The van der Waals surface area contributed by atoms with Gasteiger partial charge in [0, 0.05) is 34.5 Å². The van der Waals surface area contributed by atoms with Crippen molar-refractivity contribution in [3.8, 4) is 22.5 Å². The van der Waals surface area contributed by atoms with Gasteiger partial charge in [-0.25, -0.2) is 0 Å². The molecule has 4 nitrogen and oxygen atoms in total. The number of hydrogen-bond acceptors (Lipinski definition) is 2. The maximum absolute atomic E-state index is 4.70. The first-order chi connectivity index (χ1) is 18.9. The highest BCUT2D eigenvalue weighted by Gasteiger charge is 2.15. The summed E-state index contributed by atoms with van der Waals surface area (Å²) in [6.45, 7) is 0. The van der Waals surface area contributed by atoms with E-state index in [4.69, 9.17) is 9.97 Å². The lowest BCUT2D eigenvalue weighted by Crippen LogP contribution is -1.96. The van der Waals surface area contributed by atoms with Crippen LogP contribution in [0.15, 0.2) is 134 Å². The lowest BCUT2D eigenvalue weighted by atomic mass is 10.0. The number of para-hydroxylation sites is 2. The molecule has 4 heteroatoms. The second kappa shape index (κ2) is 8.15. The molecule has 8 aromatic rings. The largest absolute Gasteiger partial charge is 0.308 e. The van der Waals surface area contributed by atoms with Crippen molar-refractivity contribution in [2.45, 2.75) is 0 Å². The average molecular weight is 487 g/mol. The van der Waals surface area contributed by atoms with Gasteiger partial charge in [0.2, 0.25) is 0 Å². The molecule has 38 heavy (non-hydrogen) atoms. The summed E-state index contributed by atoms with van der Waals surface area (Å²) in [5.41, 5.74) is 11.1. The molecule has 4 aromatic carbocycles. The van der Waals surface area contributed by atoms with Gasteiger partial charge < -0.3 is 9.13 Å². The molecule has 0 spiro atoms. The second-order valence-corrected chi connectivity index (χ2v) is 9.55. The predicted octanol–water partition coefficient (Wildman–Crippen LogP) is 8.34. The summed E-state index contributed by atoms with van der Waals surface area (Å²) in [5, 5.41) is 2.32. The Labute approximate surface area is 219 Å². The molecule has 8 rings (SSSR count). The molecule has 0 aliphatic rings. The van der Waals surface area contributed by atoms with Crippen molar-refractivity contribution in [1.82, 2.24) is 19.1 Å². The van der Waals surface area contributed by atoms with Crippen molar-refractivity contribution in [2.75, 3.05) is 0 Å². The number of pyridine rings is 2. The highest BCUT2D eigenvalue weighted by Crippen LogP contribution is 2.34. The normalized spacial score (nSPS) is 11.7. The molecule has 0 amide bonds. The van der Waals surface area contributed by atoms with E-state index >= 15 is 0 Å². The highest BCUT2D eigenvalue weighted by atomic mass is 15.0. The number of hydrogen-bond donors (Lipinski definition) is 0. The van der Waals surface area contributed by atoms with Crippen molar-refractivity contribution in [1.29, 1.82) is 0 Å². The fourth-order valence-electron chi connectivity index (χ4n) is 5.77. The van der Waals surface area contributed by atoms with E-state index in [0.717, 1.165) is 66.4 Å². The molecule has 0 aliphatic carbocycles. The van der Waals surface area contributed by atoms with Gasteiger partial charge in [0.25, 0.3) is 0 Å². The molecule has 0 unspecified atom stereocenters. The van der Waals surface area contributed by atoms with Crippen LogP contribution in [0.5, 0.6) is 0 Å². The fraction of sp³-hybridized carbons (Fsp3) is 0. The first-order valence-corrected chi connectivity index (χ1v) is 12.8. The maximum Gasteiger partial charge on any atom is 0.0963 e. The molecule has 0 N–H and O–H groups in total. The van der Waals surface area contributed by atoms with Gasteiger partial charge in [-0.05, 0) is 71.8 Å². The Kier molecular flexibility index (Phi) is 4.49. The summed E-state index contributed by atoms with van der Waals surface area (Å²) in [5.74, 6) is 0. The summed E-state index contributed by atoms with van der Waals surface area (Å²) < 4.78 is 4.62. The molecule has 178 valence electrons. The van der Waals surface area contributed by atoms with E-state index in [9.17, 15) is 0 Å². The van der Waals surface area contributed by atoms with Gasteiger partial charge in [-0.1, -0.05) is 60.7 Å². The van der Waals surface area contributed by atoms with Crippen LogP contribution in [0, 0.1) is 0 Å². The van der Waals surface area contributed by atoms with Crippen LogP contribution in [0.4, 0.5) is 0 Å². The second-order valence-electron chi connectivity index (χ2n) is 9.55. The third kappa shape index (κ3) is 3.04. The molecule has 0 fully saturated rings. The third-order valence-corrected chi connectivity index (χ3v) is 7.40. The van der Waals surface area contributed by atoms with E-state index in [1.54, 1.807) is 0 Å². The molecule has 0 atom stereocenters. The molecule has 4 heterocycles. The summed E-state index contributed by atoms with van der Waals surface area (Å²) >= 11 is 0. The van der Waals surface area contributed by atoms with E-state index in [2.05, 4.69) is 118 Å². The number of nitrogens with zero attached hydrogens (tertiary/aromatic N) is 4. The van der Waals surface area contributed by atoms with E-state index in [1.165, 1.54) is 0 Å². The van der Waals surface area contributed by atoms with Crippen LogP contribution in [-0.4, -0.2) is 19.1 Å². The Bertz CT molecular complexity index is 1890. The Balaban J connectivity index is 1.32. The van der Waals surface area contributed by atoms with Crippen LogP contribution in [0.3, 0.4) is 0 Å². The minimum Gasteiger partial charge on any atom is -0.308 e. The molecule has 0 aliphatic heterocycles. The first-order valence-electron chi connectivity index (χ1n) is 12.8. The van der Waals surface area contributed by atoms with E-state index in [1.807, 2.05) is 24.5 Å². The molecule has 4 aromatic heterocycles. The Morgan fingerprint density at radius 2 is 0.842 bits per heavy atom. The van der Waals surface area contributed by atoms with Crippen LogP contribution in [0.1, 0.15) is 0 Å². The van der Waals surface area contributed by atoms with E-state index in [0.29, 0.717) is 0 Å². The summed E-state index contributed by atoms with van der Waals surface area (Å²) in [4.78, 5) is 9.39. The zero-order chi connectivity index (χ0) is 25.1. The van der Waals surface area contributed by atoms with Gasteiger partial charge >= 0.3 is 0 Å². The van der Waals surface area contributed by atoms with Crippen LogP contribution < -0.4 is 0 Å². The average Bonchev–Trinajstić information content (AvgIpc) is 3.51. The van der Waals surface area contributed by atoms with Gasteiger partial charge in [0.05, 0.1) is 33.1 Å². The smallest absolute Gasteiger partial charge is 0.0963 e. The Morgan fingerprint density at radius 3 is 1.34 bits per heavy atom. The van der Waals surface area contributed by atoms with Gasteiger partial charge in [-0.15, -0.1) is 0 Å². The molecule has 0 radical (unpaired) electrons. The summed E-state index contributed by atoms with van der Waals surface area (Å²) in [6, 6.07) is 42.8. The fourth-order valence-corrected chi connectivity index (χ4v) is 5.77. The Morgan fingerprint density at radius 1 is 0.395 bits per heavy atom. The monoisotopic (exact) mass is 486 g/mol. The number of fused-ring (bicyclic) bond motifs is 6. The van der Waals surface area contributed by atoms with Gasteiger partial charge in [-0.2, -0.15) is 0 Å². The molecule has 0 bridgehead atoms. The van der Waals surface area contributed by atoms with Crippen molar-refractivity contribution < 1.29 is 0 Å². The third-order valence-electron chi connectivity index (χ3n) is 7.40. The summed E-state index contributed by atoms with van der Waals surface area (Å²) in [7, 11) is 0. The minimum atomic E-state index is 1.02. The van der Waals surface area contributed by atoms with Crippen molar-refractivity contribution in [3.63, 3.8) is 0 Å². The zero-order valence-corrected chi connectivity index (χ0v) is 20.5.